The number of hydrogen-bond donors (Lipinski definition) is 2. The average molecular weight is 184 g/mol. The fraction of sp³-hybridized carbons (Fsp3) is 0.900. The maximum absolute atomic E-state index is 11.4. The van der Waals surface area contributed by atoms with Crippen LogP contribution < -0.4 is 10.6 Å². The van der Waals surface area contributed by atoms with Gasteiger partial charge < -0.3 is 10.6 Å². The first-order valence-electron chi connectivity index (χ1n) is 5.35. The average Bonchev–Trinajstić information content (AvgIpc) is 2.32. The van der Waals surface area contributed by atoms with E-state index in [-0.39, 0.29) is 11.9 Å². The van der Waals surface area contributed by atoms with Crippen molar-refractivity contribution in [1.82, 2.24) is 10.6 Å². The molecule has 1 aliphatic heterocycles. The molecule has 0 aromatic rings. The van der Waals surface area contributed by atoms with Crippen molar-refractivity contribution >= 4 is 5.91 Å². The van der Waals surface area contributed by atoms with Crippen molar-refractivity contribution in [3.05, 3.63) is 0 Å². The Labute approximate surface area is 80.3 Å². The Kier molecular flexibility index (Phi) is 4.83. The minimum Gasteiger partial charge on any atom is -0.355 e. The molecule has 0 aliphatic carbocycles. The molecule has 0 spiro atoms. The van der Waals surface area contributed by atoms with E-state index in [9.17, 15) is 4.79 Å². The maximum Gasteiger partial charge on any atom is 0.237 e. The van der Waals surface area contributed by atoms with Gasteiger partial charge in [0, 0.05) is 6.54 Å². The maximum atomic E-state index is 11.4. The van der Waals surface area contributed by atoms with E-state index in [1.54, 1.807) is 0 Å². The second-order valence-corrected chi connectivity index (χ2v) is 3.65. The van der Waals surface area contributed by atoms with Crippen LogP contribution in [0.4, 0.5) is 0 Å². The van der Waals surface area contributed by atoms with Crippen LogP contribution in [0.25, 0.3) is 0 Å². The Bertz CT molecular complexity index is 159. The molecular formula is C10H20N2O. The molecule has 1 saturated heterocycles. The van der Waals surface area contributed by atoms with Crippen LogP contribution in [0, 0.1) is 0 Å². The van der Waals surface area contributed by atoms with Gasteiger partial charge in [-0.2, -0.15) is 0 Å². The van der Waals surface area contributed by atoms with Gasteiger partial charge in [-0.1, -0.05) is 13.3 Å². The van der Waals surface area contributed by atoms with Gasteiger partial charge in [-0.3, -0.25) is 4.79 Å². The van der Waals surface area contributed by atoms with Crippen molar-refractivity contribution in [2.24, 2.45) is 0 Å². The molecule has 76 valence electrons. The molecule has 1 aliphatic rings. The highest BCUT2D eigenvalue weighted by Crippen LogP contribution is 2.05. The van der Waals surface area contributed by atoms with Crippen LogP contribution in [0.1, 0.15) is 39.0 Å². The number of rotatable bonds is 4. The Balaban J connectivity index is 2.24. The van der Waals surface area contributed by atoms with Gasteiger partial charge in [-0.25, -0.2) is 0 Å². The van der Waals surface area contributed by atoms with Crippen molar-refractivity contribution in [3.8, 4) is 0 Å². The second kappa shape index (κ2) is 5.97. The van der Waals surface area contributed by atoms with Crippen molar-refractivity contribution in [2.45, 2.75) is 45.1 Å². The Hall–Kier alpha value is -0.570. The van der Waals surface area contributed by atoms with E-state index in [1.165, 1.54) is 6.42 Å². The quantitative estimate of drug-likeness (QED) is 0.641. The predicted octanol–water partition coefficient (Wildman–Crippen LogP) is 1.04. The van der Waals surface area contributed by atoms with Crippen molar-refractivity contribution < 1.29 is 4.79 Å². The topological polar surface area (TPSA) is 41.1 Å². The van der Waals surface area contributed by atoms with E-state index in [1.807, 2.05) is 0 Å². The van der Waals surface area contributed by atoms with Crippen LogP contribution in [-0.2, 0) is 4.79 Å². The third-order valence-corrected chi connectivity index (χ3v) is 2.46. The molecule has 0 aromatic heterocycles. The van der Waals surface area contributed by atoms with Crippen LogP contribution in [-0.4, -0.2) is 25.0 Å². The molecule has 2 N–H and O–H groups in total. The van der Waals surface area contributed by atoms with Gasteiger partial charge in [0.05, 0.1) is 6.04 Å². The highest BCUT2D eigenvalue weighted by atomic mass is 16.2. The molecular weight excluding hydrogens is 164 g/mol. The Morgan fingerprint density at radius 1 is 1.54 bits per heavy atom. The van der Waals surface area contributed by atoms with Gasteiger partial charge in [0.2, 0.25) is 5.91 Å². The third-order valence-electron chi connectivity index (χ3n) is 2.46. The molecule has 1 atom stereocenters. The Morgan fingerprint density at radius 3 is 3.15 bits per heavy atom. The molecule has 1 fully saturated rings. The van der Waals surface area contributed by atoms with Gasteiger partial charge in [0.15, 0.2) is 0 Å². The van der Waals surface area contributed by atoms with Crippen LogP contribution in [0.3, 0.4) is 0 Å². The van der Waals surface area contributed by atoms with Crippen molar-refractivity contribution in [1.29, 1.82) is 0 Å². The lowest BCUT2D eigenvalue weighted by Gasteiger charge is -2.14. The monoisotopic (exact) mass is 184 g/mol. The molecule has 3 nitrogen and oxygen atoms in total. The molecule has 0 bridgehead atoms. The zero-order chi connectivity index (χ0) is 9.52. The summed E-state index contributed by atoms with van der Waals surface area (Å²) in [5.41, 5.74) is 0. The van der Waals surface area contributed by atoms with Crippen molar-refractivity contribution in [2.75, 3.05) is 13.1 Å². The first-order valence-corrected chi connectivity index (χ1v) is 5.35. The largest absolute Gasteiger partial charge is 0.355 e. The lowest BCUT2D eigenvalue weighted by atomic mass is 10.1. The molecule has 1 unspecified atom stereocenters. The number of unbranched alkanes of at least 4 members (excludes halogenated alkanes) is 1. The van der Waals surface area contributed by atoms with Crippen LogP contribution in [0.5, 0.6) is 0 Å². The predicted molar refractivity (Wildman–Crippen MR) is 53.6 cm³/mol. The second-order valence-electron chi connectivity index (χ2n) is 3.65. The molecule has 13 heavy (non-hydrogen) atoms. The van der Waals surface area contributed by atoms with E-state index in [4.69, 9.17) is 0 Å². The SMILES string of the molecule is CCCCNC1CCCCNC1=O. The first-order chi connectivity index (χ1) is 6.34. The summed E-state index contributed by atoms with van der Waals surface area (Å²) in [5.74, 6) is 0.189. The molecule has 3 heteroatoms. The highest BCUT2D eigenvalue weighted by Gasteiger charge is 2.18. The Morgan fingerprint density at radius 2 is 2.38 bits per heavy atom. The van der Waals surface area contributed by atoms with E-state index in [0.29, 0.717) is 0 Å². The van der Waals surface area contributed by atoms with Gasteiger partial charge in [0.25, 0.3) is 0 Å². The van der Waals surface area contributed by atoms with E-state index in [2.05, 4.69) is 17.6 Å². The van der Waals surface area contributed by atoms with Gasteiger partial charge in [-0.15, -0.1) is 0 Å². The number of carbonyl (C=O) groups is 1. The zero-order valence-electron chi connectivity index (χ0n) is 8.44. The molecule has 0 aromatic carbocycles. The highest BCUT2D eigenvalue weighted by molar-refractivity contribution is 5.81. The lowest BCUT2D eigenvalue weighted by molar-refractivity contribution is -0.122. The zero-order valence-corrected chi connectivity index (χ0v) is 8.44. The summed E-state index contributed by atoms with van der Waals surface area (Å²) in [4.78, 5) is 11.4. The lowest BCUT2D eigenvalue weighted by Crippen LogP contribution is -2.43. The molecule has 0 saturated carbocycles. The van der Waals surface area contributed by atoms with Crippen LogP contribution in [0.15, 0.2) is 0 Å². The normalized spacial score (nSPS) is 23.8. The smallest absolute Gasteiger partial charge is 0.237 e. The van der Waals surface area contributed by atoms with Crippen LogP contribution >= 0.6 is 0 Å². The minimum atomic E-state index is 0.0639. The summed E-state index contributed by atoms with van der Waals surface area (Å²) < 4.78 is 0. The van der Waals surface area contributed by atoms with Crippen LogP contribution in [0.2, 0.25) is 0 Å². The van der Waals surface area contributed by atoms with Gasteiger partial charge in [-0.05, 0) is 32.2 Å². The van der Waals surface area contributed by atoms with E-state index >= 15 is 0 Å². The summed E-state index contributed by atoms with van der Waals surface area (Å²) in [6.07, 6.45) is 5.61. The fourth-order valence-electron chi connectivity index (χ4n) is 1.59. The molecule has 1 heterocycles. The minimum absolute atomic E-state index is 0.0639. The summed E-state index contributed by atoms with van der Waals surface area (Å²) in [5, 5.41) is 6.22. The molecule has 1 amide bonds. The summed E-state index contributed by atoms with van der Waals surface area (Å²) >= 11 is 0. The van der Waals surface area contributed by atoms with Gasteiger partial charge in [0.1, 0.15) is 0 Å². The van der Waals surface area contributed by atoms with E-state index < -0.39 is 0 Å². The summed E-state index contributed by atoms with van der Waals surface area (Å²) in [7, 11) is 0. The number of amides is 1. The fourth-order valence-corrected chi connectivity index (χ4v) is 1.59. The summed E-state index contributed by atoms with van der Waals surface area (Å²) in [6.45, 7) is 3.98. The number of carbonyl (C=O) groups excluding carboxylic acids is 1. The standard InChI is InChI=1S/C10H20N2O/c1-2-3-7-11-9-6-4-5-8-12-10(9)13/h9,11H,2-8H2,1H3,(H,12,13). The number of hydrogen-bond acceptors (Lipinski definition) is 2. The van der Waals surface area contributed by atoms with Crippen molar-refractivity contribution in [3.63, 3.8) is 0 Å². The number of nitrogens with one attached hydrogen (secondary N) is 2. The van der Waals surface area contributed by atoms with Gasteiger partial charge >= 0.3 is 0 Å². The third kappa shape index (κ3) is 3.77. The summed E-state index contributed by atoms with van der Waals surface area (Å²) in [6, 6.07) is 0.0639. The molecule has 1 rings (SSSR count). The first kappa shape index (κ1) is 10.5. The van der Waals surface area contributed by atoms with E-state index in [0.717, 1.165) is 38.8 Å². The molecule has 0 radical (unpaired) electrons.